The number of ether oxygens (including phenoxy) is 1. The van der Waals surface area contributed by atoms with Gasteiger partial charge in [-0.2, -0.15) is 5.10 Å². The average molecular weight is 399 g/mol. The van der Waals surface area contributed by atoms with Crippen molar-refractivity contribution in [3.05, 3.63) is 117 Å². The van der Waals surface area contributed by atoms with Crippen LogP contribution in [0.15, 0.2) is 94.5 Å². The molecule has 0 aliphatic heterocycles. The molecule has 150 valence electrons. The van der Waals surface area contributed by atoms with E-state index in [4.69, 9.17) is 4.74 Å². The minimum absolute atomic E-state index is 0.152. The molecule has 0 aliphatic carbocycles. The standard InChI is InChI=1S/C24H21N3O3/c1-30-21-14-12-19(13-15-21)16-26-23(28)22(20-10-6-3-7-11-20)25-27(24(26)29)17-18-8-4-2-5-9-18/h2-15H,16-17H2,1H3. The molecule has 1 aromatic heterocycles. The van der Waals surface area contributed by atoms with E-state index in [1.165, 1.54) is 9.25 Å². The molecule has 0 saturated heterocycles. The van der Waals surface area contributed by atoms with Crippen molar-refractivity contribution in [3.63, 3.8) is 0 Å². The zero-order valence-electron chi connectivity index (χ0n) is 16.6. The highest BCUT2D eigenvalue weighted by atomic mass is 16.5. The number of hydrogen-bond acceptors (Lipinski definition) is 4. The van der Waals surface area contributed by atoms with Crippen LogP contribution in [0.1, 0.15) is 11.1 Å². The molecular formula is C24H21N3O3. The molecule has 30 heavy (non-hydrogen) atoms. The summed E-state index contributed by atoms with van der Waals surface area (Å²) in [6.07, 6.45) is 0. The molecule has 0 aliphatic rings. The van der Waals surface area contributed by atoms with Gasteiger partial charge in [-0.25, -0.2) is 9.48 Å². The smallest absolute Gasteiger partial charge is 0.348 e. The van der Waals surface area contributed by atoms with Crippen molar-refractivity contribution >= 4 is 0 Å². The van der Waals surface area contributed by atoms with Crippen molar-refractivity contribution in [2.75, 3.05) is 7.11 Å². The van der Waals surface area contributed by atoms with Crippen molar-refractivity contribution in [1.29, 1.82) is 0 Å². The van der Waals surface area contributed by atoms with Crippen LogP contribution in [0.3, 0.4) is 0 Å². The molecule has 3 aromatic carbocycles. The third kappa shape index (κ3) is 4.07. The lowest BCUT2D eigenvalue weighted by atomic mass is 10.1. The first kappa shape index (κ1) is 19.4. The van der Waals surface area contributed by atoms with Gasteiger partial charge in [0.1, 0.15) is 5.75 Å². The zero-order chi connectivity index (χ0) is 20.9. The molecule has 0 unspecified atom stereocenters. The molecule has 0 N–H and O–H groups in total. The molecule has 0 saturated carbocycles. The summed E-state index contributed by atoms with van der Waals surface area (Å²) in [5, 5.41) is 4.42. The van der Waals surface area contributed by atoms with Crippen LogP contribution in [0.4, 0.5) is 0 Å². The molecule has 0 bridgehead atoms. The van der Waals surface area contributed by atoms with Crippen LogP contribution in [0.2, 0.25) is 0 Å². The zero-order valence-corrected chi connectivity index (χ0v) is 16.6. The van der Waals surface area contributed by atoms with E-state index in [0.717, 1.165) is 11.1 Å². The third-order valence-electron chi connectivity index (χ3n) is 4.84. The van der Waals surface area contributed by atoms with Gasteiger partial charge in [-0.1, -0.05) is 72.8 Å². The Morgan fingerprint density at radius 2 is 1.37 bits per heavy atom. The molecule has 0 radical (unpaired) electrons. The van der Waals surface area contributed by atoms with Crippen LogP contribution < -0.4 is 16.0 Å². The van der Waals surface area contributed by atoms with Crippen molar-refractivity contribution in [2.24, 2.45) is 0 Å². The van der Waals surface area contributed by atoms with Crippen LogP contribution in [0, 0.1) is 0 Å². The van der Waals surface area contributed by atoms with Gasteiger partial charge in [0.05, 0.1) is 20.2 Å². The number of nitrogens with zero attached hydrogens (tertiary/aromatic N) is 3. The van der Waals surface area contributed by atoms with E-state index < -0.39 is 11.2 Å². The molecule has 0 spiro atoms. The molecular weight excluding hydrogens is 378 g/mol. The molecule has 1 heterocycles. The summed E-state index contributed by atoms with van der Waals surface area (Å²) in [7, 11) is 1.59. The summed E-state index contributed by atoms with van der Waals surface area (Å²) in [6.45, 7) is 0.432. The van der Waals surface area contributed by atoms with Crippen LogP contribution in [-0.2, 0) is 13.1 Å². The van der Waals surface area contributed by atoms with E-state index >= 15 is 0 Å². The third-order valence-corrected chi connectivity index (χ3v) is 4.84. The Morgan fingerprint density at radius 3 is 2.00 bits per heavy atom. The van der Waals surface area contributed by atoms with Crippen molar-refractivity contribution in [1.82, 2.24) is 14.3 Å². The predicted molar refractivity (Wildman–Crippen MR) is 116 cm³/mol. The fraction of sp³-hybridized carbons (Fsp3) is 0.125. The minimum Gasteiger partial charge on any atom is -0.497 e. The fourth-order valence-corrected chi connectivity index (χ4v) is 3.25. The second-order valence-electron chi connectivity index (χ2n) is 6.88. The highest BCUT2D eigenvalue weighted by Crippen LogP contribution is 2.13. The lowest BCUT2D eigenvalue weighted by Crippen LogP contribution is -2.42. The Morgan fingerprint density at radius 1 is 0.767 bits per heavy atom. The highest BCUT2D eigenvalue weighted by molar-refractivity contribution is 5.57. The molecule has 4 aromatic rings. The maximum atomic E-state index is 13.2. The van der Waals surface area contributed by atoms with Crippen LogP contribution >= 0.6 is 0 Å². The lowest BCUT2D eigenvalue weighted by molar-refractivity contribution is 0.414. The van der Waals surface area contributed by atoms with E-state index in [1.807, 2.05) is 84.9 Å². The Bertz CT molecular complexity index is 1250. The molecule has 0 amide bonds. The van der Waals surface area contributed by atoms with E-state index in [2.05, 4.69) is 5.10 Å². The quantitative estimate of drug-likeness (QED) is 0.500. The van der Waals surface area contributed by atoms with E-state index in [9.17, 15) is 9.59 Å². The molecule has 0 fully saturated rings. The summed E-state index contributed by atoms with van der Waals surface area (Å²) in [4.78, 5) is 26.3. The Kier molecular flexibility index (Phi) is 5.57. The number of methoxy groups -OCH3 is 1. The van der Waals surface area contributed by atoms with E-state index in [1.54, 1.807) is 7.11 Å². The monoisotopic (exact) mass is 399 g/mol. The van der Waals surface area contributed by atoms with E-state index in [-0.39, 0.29) is 18.8 Å². The van der Waals surface area contributed by atoms with Gasteiger partial charge in [-0.05, 0) is 23.3 Å². The van der Waals surface area contributed by atoms with Crippen LogP contribution in [0.25, 0.3) is 11.3 Å². The van der Waals surface area contributed by atoms with Crippen LogP contribution in [-0.4, -0.2) is 21.5 Å². The SMILES string of the molecule is COc1ccc(Cn2c(=O)c(-c3ccccc3)nn(Cc3ccccc3)c2=O)cc1. The van der Waals surface area contributed by atoms with Gasteiger partial charge in [-0.3, -0.25) is 9.36 Å². The second-order valence-corrected chi connectivity index (χ2v) is 6.88. The fourth-order valence-electron chi connectivity index (χ4n) is 3.25. The van der Waals surface area contributed by atoms with Gasteiger partial charge in [0.25, 0.3) is 5.56 Å². The van der Waals surface area contributed by atoms with Gasteiger partial charge in [-0.15, -0.1) is 0 Å². The Hall–Kier alpha value is -3.93. The Balaban J connectivity index is 1.83. The van der Waals surface area contributed by atoms with Gasteiger partial charge in [0, 0.05) is 5.56 Å². The number of hydrogen-bond donors (Lipinski definition) is 0. The van der Waals surface area contributed by atoms with Crippen molar-refractivity contribution < 1.29 is 4.74 Å². The maximum Gasteiger partial charge on any atom is 0.348 e. The van der Waals surface area contributed by atoms with Gasteiger partial charge in [0.15, 0.2) is 5.69 Å². The lowest BCUT2D eigenvalue weighted by Gasteiger charge is -2.13. The molecule has 0 atom stereocenters. The van der Waals surface area contributed by atoms with E-state index in [0.29, 0.717) is 11.3 Å². The van der Waals surface area contributed by atoms with Crippen molar-refractivity contribution in [2.45, 2.75) is 13.1 Å². The van der Waals surface area contributed by atoms with Crippen molar-refractivity contribution in [3.8, 4) is 17.0 Å². The normalized spacial score (nSPS) is 10.7. The molecule has 6 heteroatoms. The number of rotatable bonds is 6. The number of benzene rings is 3. The number of aromatic nitrogens is 3. The minimum atomic E-state index is -0.445. The van der Waals surface area contributed by atoms with Gasteiger partial charge >= 0.3 is 5.69 Å². The maximum absolute atomic E-state index is 13.2. The first-order valence-electron chi connectivity index (χ1n) is 9.60. The summed E-state index contributed by atoms with van der Waals surface area (Å²) >= 11 is 0. The van der Waals surface area contributed by atoms with Crippen LogP contribution in [0.5, 0.6) is 5.75 Å². The molecule has 4 rings (SSSR count). The van der Waals surface area contributed by atoms with Gasteiger partial charge in [0.2, 0.25) is 0 Å². The Labute approximate surface area is 173 Å². The highest BCUT2D eigenvalue weighted by Gasteiger charge is 2.15. The average Bonchev–Trinajstić information content (AvgIpc) is 2.80. The predicted octanol–water partition coefficient (Wildman–Crippen LogP) is 3.18. The summed E-state index contributed by atoms with van der Waals surface area (Å²) in [5.74, 6) is 0.715. The second kappa shape index (κ2) is 8.61. The largest absolute Gasteiger partial charge is 0.497 e. The topological polar surface area (TPSA) is 66.1 Å². The summed E-state index contributed by atoms with van der Waals surface area (Å²) in [5.41, 5.74) is 1.82. The first-order chi connectivity index (χ1) is 14.7. The summed E-state index contributed by atoms with van der Waals surface area (Å²) < 4.78 is 7.77. The molecule has 6 nitrogen and oxygen atoms in total. The first-order valence-corrected chi connectivity index (χ1v) is 9.60. The van der Waals surface area contributed by atoms with Gasteiger partial charge < -0.3 is 4.74 Å². The summed E-state index contributed by atoms with van der Waals surface area (Å²) in [6, 6.07) is 26.1.